The molecule has 0 aromatic heterocycles. The van der Waals surface area contributed by atoms with E-state index in [-0.39, 0.29) is 5.54 Å². The Hall–Kier alpha value is -1.71. The van der Waals surface area contributed by atoms with E-state index in [0.29, 0.717) is 12.3 Å². The molecule has 1 aliphatic heterocycles. The van der Waals surface area contributed by atoms with Crippen molar-refractivity contribution in [2.75, 3.05) is 12.0 Å². The quantitative estimate of drug-likeness (QED) is 0.920. The van der Waals surface area contributed by atoms with Gasteiger partial charge in [-0.25, -0.2) is 4.79 Å². The first-order valence-electron chi connectivity index (χ1n) is 7.52. The molecule has 4 heteroatoms. The lowest BCUT2D eigenvalue weighted by molar-refractivity contribution is -0.139. The standard InChI is InChI=1S/C17H25NO3/c1-6-14(16(19)20)18-15-9-12(21-5)7-8-13(15)11(2)10-17(18,3)4/h7-9,11,14H,6,10H2,1-5H3,(H,19,20). The van der Waals surface area contributed by atoms with Crippen LogP contribution in [0.5, 0.6) is 5.75 Å². The smallest absolute Gasteiger partial charge is 0.326 e. The van der Waals surface area contributed by atoms with Crippen LogP contribution in [0.4, 0.5) is 5.69 Å². The van der Waals surface area contributed by atoms with Crippen LogP contribution < -0.4 is 9.64 Å². The normalized spacial score (nSPS) is 21.6. The minimum atomic E-state index is -0.770. The van der Waals surface area contributed by atoms with Crippen LogP contribution in [0, 0.1) is 0 Å². The first kappa shape index (κ1) is 15.7. The van der Waals surface area contributed by atoms with Crippen molar-refractivity contribution in [2.45, 2.75) is 58.0 Å². The maximum Gasteiger partial charge on any atom is 0.326 e. The maximum absolute atomic E-state index is 11.7. The van der Waals surface area contributed by atoms with Gasteiger partial charge in [-0.2, -0.15) is 0 Å². The van der Waals surface area contributed by atoms with Crippen molar-refractivity contribution in [1.82, 2.24) is 0 Å². The van der Waals surface area contributed by atoms with Gasteiger partial charge in [-0.3, -0.25) is 0 Å². The lowest BCUT2D eigenvalue weighted by Gasteiger charge is -2.50. The summed E-state index contributed by atoms with van der Waals surface area (Å²) in [4.78, 5) is 13.8. The van der Waals surface area contributed by atoms with Gasteiger partial charge in [0.1, 0.15) is 11.8 Å². The van der Waals surface area contributed by atoms with Crippen LogP contribution in [-0.4, -0.2) is 29.8 Å². The van der Waals surface area contributed by atoms with Crippen LogP contribution in [0.1, 0.15) is 52.0 Å². The molecule has 0 saturated carbocycles. The second-order valence-corrected chi connectivity index (χ2v) is 6.47. The second-order valence-electron chi connectivity index (χ2n) is 6.47. The maximum atomic E-state index is 11.7. The van der Waals surface area contributed by atoms with Gasteiger partial charge in [0.05, 0.1) is 7.11 Å². The topological polar surface area (TPSA) is 49.8 Å². The third-order valence-corrected chi connectivity index (χ3v) is 4.47. The highest BCUT2D eigenvalue weighted by atomic mass is 16.5. The zero-order valence-corrected chi connectivity index (χ0v) is 13.5. The average Bonchev–Trinajstić information content (AvgIpc) is 2.41. The van der Waals surface area contributed by atoms with Crippen LogP contribution in [-0.2, 0) is 4.79 Å². The molecule has 1 aromatic rings. The van der Waals surface area contributed by atoms with E-state index in [4.69, 9.17) is 4.74 Å². The Morgan fingerprint density at radius 1 is 1.52 bits per heavy atom. The Morgan fingerprint density at radius 2 is 2.19 bits per heavy atom. The third-order valence-electron chi connectivity index (χ3n) is 4.47. The largest absolute Gasteiger partial charge is 0.497 e. The summed E-state index contributed by atoms with van der Waals surface area (Å²) in [6.45, 7) is 8.37. The highest BCUT2D eigenvalue weighted by molar-refractivity contribution is 5.80. The SMILES string of the molecule is CCC(C(=O)O)N1c2cc(OC)ccc2C(C)CC1(C)C. The molecule has 1 aliphatic rings. The van der Waals surface area contributed by atoms with Gasteiger partial charge in [0, 0.05) is 17.3 Å². The molecule has 116 valence electrons. The van der Waals surface area contributed by atoms with Gasteiger partial charge < -0.3 is 14.7 Å². The van der Waals surface area contributed by atoms with Crippen molar-refractivity contribution < 1.29 is 14.6 Å². The zero-order valence-electron chi connectivity index (χ0n) is 13.5. The minimum Gasteiger partial charge on any atom is -0.497 e. The summed E-state index contributed by atoms with van der Waals surface area (Å²) >= 11 is 0. The van der Waals surface area contributed by atoms with Gasteiger partial charge in [-0.1, -0.05) is 19.9 Å². The van der Waals surface area contributed by atoms with Gasteiger partial charge >= 0.3 is 5.97 Å². The van der Waals surface area contributed by atoms with Crippen LogP contribution in [0.25, 0.3) is 0 Å². The van der Waals surface area contributed by atoms with Crippen LogP contribution in [0.15, 0.2) is 18.2 Å². The summed E-state index contributed by atoms with van der Waals surface area (Å²) in [7, 11) is 1.64. The number of hydrogen-bond donors (Lipinski definition) is 1. The summed E-state index contributed by atoms with van der Waals surface area (Å²) in [6.07, 6.45) is 1.51. The fourth-order valence-corrected chi connectivity index (χ4v) is 3.62. The van der Waals surface area contributed by atoms with E-state index in [1.54, 1.807) is 7.11 Å². The van der Waals surface area contributed by atoms with Crippen molar-refractivity contribution in [3.05, 3.63) is 23.8 Å². The Labute approximate surface area is 126 Å². The van der Waals surface area contributed by atoms with Crippen molar-refractivity contribution in [3.63, 3.8) is 0 Å². The molecule has 4 nitrogen and oxygen atoms in total. The van der Waals surface area contributed by atoms with E-state index in [9.17, 15) is 9.90 Å². The van der Waals surface area contributed by atoms with Crippen molar-refractivity contribution in [2.24, 2.45) is 0 Å². The first-order chi connectivity index (χ1) is 9.81. The van der Waals surface area contributed by atoms with E-state index in [1.165, 1.54) is 5.56 Å². The van der Waals surface area contributed by atoms with E-state index >= 15 is 0 Å². The van der Waals surface area contributed by atoms with Gasteiger partial charge in [0.2, 0.25) is 0 Å². The third kappa shape index (κ3) is 2.71. The number of rotatable bonds is 4. The lowest BCUT2D eigenvalue weighted by Crippen LogP contribution is -2.56. The number of anilines is 1. The van der Waals surface area contributed by atoms with Crippen molar-refractivity contribution in [1.29, 1.82) is 0 Å². The second kappa shape index (κ2) is 5.58. The molecule has 0 bridgehead atoms. The van der Waals surface area contributed by atoms with E-state index in [2.05, 4.69) is 31.7 Å². The summed E-state index contributed by atoms with van der Waals surface area (Å²) in [5, 5.41) is 9.60. The van der Waals surface area contributed by atoms with Crippen LogP contribution in [0.2, 0.25) is 0 Å². The Balaban J connectivity index is 2.61. The molecule has 1 aromatic carbocycles. The Kier molecular flexibility index (Phi) is 4.17. The molecule has 2 atom stereocenters. The summed E-state index contributed by atoms with van der Waals surface area (Å²) in [5.74, 6) is 0.404. The number of carbonyl (C=O) groups is 1. The highest BCUT2D eigenvalue weighted by Gasteiger charge is 2.41. The molecule has 2 unspecified atom stereocenters. The lowest BCUT2D eigenvalue weighted by atomic mass is 9.79. The summed E-state index contributed by atoms with van der Waals surface area (Å²) < 4.78 is 5.33. The van der Waals surface area contributed by atoms with Crippen LogP contribution >= 0.6 is 0 Å². The van der Waals surface area contributed by atoms with E-state index in [0.717, 1.165) is 17.9 Å². The van der Waals surface area contributed by atoms with Gasteiger partial charge in [-0.15, -0.1) is 0 Å². The summed E-state index contributed by atoms with van der Waals surface area (Å²) in [5.41, 5.74) is 2.00. The van der Waals surface area contributed by atoms with E-state index in [1.807, 2.05) is 19.1 Å². The molecule has 1 heterocycles. The molecular weight excluding hydrogens is 266 g/mol. The monoisotopic (exact) mass is 291 g/mol. The number of benzene rings is 1. The molecule has 0 fully saturated rings. The predicted molar refractivity (Wildman–Crippen MR) is 84.3 cm³/mol. The predicted octanol–water partition coefficient (Wildman–Crippen LogP) is 3.65. The number of methoxy groups -OCH3 is 1. The molecule has 0 spiro atoms. The Morgan fingerprint density at radius 3 is 2.71 bits per heavy atom. The number of hydrogen-bond acceptors (Lipinski definition) is 3. The van der Waals surface area contributed by atoms with Crippen molar-refractivity contribution in [3.8, 4) is 5.75 Å². The number of fused-ring (bicyclic) bond motifs is 1. The first-order valence-corrected chi connectivity index (χ1v) is 7.52. The summed E-state index contributed by atoms with van der Waals surface area (Å²) in [6, 6.07) is 5.47. The average molecular weight is 291 g/mol. The number of ether oxygens (including phenoxy) is 1. The van der Waals surface area contributed by atoms with Gasteiger partial charge in [0.15, 0.2) is 0 Å². The number of nitrogens with zero attached hydrogens (tertiary/aromatic N) is 1. The number of carboxylic acids is 1. The molecule has 0 amide bonds. The zero-order chi connectivity index (χ0) is 15.8. The fraction of sp³-hybridized carbons (Fsp3) is 0.588. The highest BCUT2D eigenvalue weighted by Crippen LogP contribution is 2.46. The van der Waals surface area contributed by atoms with Gasteiger partial charge in [0.25, 0.3) is 0 Å². The minimum absolute atomic E-state index is 0.197. The molecular formula is C17H25NO3. The van der Waals surface area contributed by atoms with Crippen LogP contribution in [0.3, 0.4) is 0 Å². The fourth-order valence-electron chi connectivity index (χ4n) is 3.62. The van der Waals surface area contributed by atoms with Gasteiger partial charge in [-0.05, 0) is 44.2 Å². The Bertz CT molecular complexity index is 539. The number of aliphatic carboxylic acids is 1. The molecule has 0 radical (unpaired) electrons. The molecule has 0 saturated heterocycles. The molecule has 0 aliphatic carbocycles. The number of carboxylic acid groups (broad SMARTS) is 1. The molecule has 21 heavy (non-hydrogen) atoms. The van der Waals surface area contributed by atoms with Crippen molar-refractivity contribution >= 4 is 11.7 Å². The molecule has 1 N–H and O–H groups in total. The molecule has 2 rings (SSSR count). The van der Waals surface area contributed by atoms with E-state index < -0.39 is 12.0 Å².